The molecule has 0 aromatic heterocycles. The average molecular weight is 179 g/mol. The Morgan fingerprint density at radius 2 is 2.12 bits per heavy atom. The van der Waals surface area contributed by atoms with Crippen molar-refractivity contribution in [3.8, 4) is 0 Å². The molecule has 0 bridgehead atoms. The molecule has 0 fully saturated rings. The van der Waals surface area contributed by atoms with E-state index in [0.717, 1.165) is 6.66 Å². The molecule has 0 rings (SSSR count). The van der Waals surface area contributed by atoms with E-state index in [9.17, 15) is 4.57 Å². The van der Waals surface area contributed by atoms with Crippen LogP contribution in [0.3, 0.4) is 0 Å². The number of halogens is 2. The van der Waals surface area contributed by atoms with Crippen LogP contribution in [-0.2, 0) is 9.09 Å². The summed E-state index contributed by atoms with van der Waals surface area (Å²) in [5, 5.41) is -1.23. The van der Waals surface area contributed by atoms with Crippen LogP contribution in [0.5, 0.6) is 0 Å². The second-order valence-electron chi connectivity index (χ2n) is 1.17. The van der Waals surface area contributed by atoms with Gasteiger partial charge in [0.05, 0.1) is 0 Å². The van der Waals surface area contributed by atoms with Gasteiger partial charge >= 0.3 is 7.60 Å². The van der Waals surface area contributed by atoms with Crippen LogP contribution in [0.25, 0.3) is 0 Å². The van der Waals surface area contributed by atoms with E-state index in [4.69, 9.17) is 28.1 Å². The molecule has 0 aliphatic rings. The topological polar surface area (TPSA) is 46.5 Å². The fraction of sp³-hybridized carbons (Fsp3) is 1.00. The van der Waals surface area contributed by atoms with Crippen molar-refractivity contribution in [1.29, 1.82) is 0 Å². The molecule has 1 unspecified atom stereocenters. The molecule has 8 heavy (non-hydrogen) atoms. The fourth-order valence-corrected chi connectivity index (χ4v) is 1.33. The van der Waals surface area contributed by atoms with Gasteiger partial charge in [-0.1, -0.05) is 23.2 Å². The van der Waals surface area contributed by atoms with Gasteiger partial charge in [0.25, 0.3) is 0 Å². The van der Waals surface area contributed by atoms with Crippen molar-refractivity contribution >= 4 is 30.8 Å². The maximum Gasteiger partial charge on any atom is 0.327 e. The first-order chi connectivity index (χ1) is 3.42. The van der Waals surface area contributed by atoms with E-state index in [-0.39, 0.29) is 0 Å². The molecule has 6 heteroatoms. The van der Waals surface area contributed by atoms with Crippen LogP contribution >= 0.6 is 30.8 Å². The summed E-state index contributed by atoms with van der Waals surface area (Å²) in [6.07, 6.45) is 0. The molecule has 0 heterocycles. The lowest BCUT2D eigenvalue weighted by molar-refractivity contribution is 0.287. The van der Waals surface area contributed by atoms with Crippen LogP contribution in [0.4, 0.5) is 0 Å². The van der Waals surface area contributed by atoms with Gasteiger partial charge in [-0.2, -0.15) is 0 Å². The van der Waals surface area contributed by atoms with Crippen LogP contribution in [0.2, 0.25) is 0 Å². The summed E-state index contributed by atoms with van der Waals surface area (Å²) in [5.41, 5.74) is 0. The second-order valence-corrected chi connectivity index (χ2v) is 4.00. The smallest absolute Gasteiger partial charge is 0.324 e. The second kappa shape index (κ2) is 3.04. The molecule has 0 saturated carbocycles. The molecular formula is C2H5Cl2O3P. The van der Waals surface area contributed by atoms with Gasteiger partial charge in [-0.05, 0) is 0 Å². The number of hydrogen-bond donors (Lipinski definition) is 1. The van der Waals surface area contributed by atoms with Gasteiger partial charge in [-0.15, -0.1) is 0 Å². The third-order valence-electron chi connectivity index (χ3n) is 0.275. The third-order valence-corrected chi connectivity index (χ3v) is 1.30. The van der Waals surface area contributed by atoms with Gasteiger partial charge in [0.2, 0.25) is 5.02 Å². The molecule has 0 radical (unpaired) electrons. The van der Waals surface area contributed by atoms with Gasteiger partial charge in [0.15, 0.2) is 0 Å². The Balaban J connectivity index is 3.56. The highest BCUT2D eigenvalue weighted by Crippen LogP contribution is 2.39. The predicted molar refractivity (Wildman–Crippen MR) is 32.3 cm³/mol. The zero-order chi connectivity index (χ0) is 6.78. The van der Waals surface area contributed by atoms with Gasteiger partial charge in [0.1, 0.15) is 0 Å². The van der Waals surface area contributed by atoms with E-state index in [2.05, 4.69) is 4.52 Å². The summed E-state index contributed by atoms with van der Waals surface area (Å²) in [5.74, 6) is 0. The third kappa shape index (κ3) is 6.73. The van der Waals surface area contributed by atoms with E-state index in [1.807, 2.05) is 0 Å². The van der Waals surface area contributed by atoms with Gasteiger partial charge in [0, 0.05) is 6.66 Å². The highest BCUT2D eigenvalue weighted by atomic mass is 35.5. The number of alkyl halides is 2. The summed E-state index contributed by atoms with van der Waals surface area (Å²) in [4.78, 5) is 8.35. The molecule has 0 spiro atoms. The summed E-state index contributed by atoms with van der Waals surface area (Å²) < 4.78 is 14.3. The molecule has 0 amide bonds. The van der Waals surface area contributed by atoms with E-state index < -0.39 is 12.6 Å². The summed E-state index contributed by atoms with van der Waals surface area (Å²) >= 11 is 9.95. The first-order valence-electron chi connectivity index (χ1n) is 1.68. The average Bonchev–Trinajstić information content (AvgIpc) is 1.21. The van der Waals surface area contributed by atoms with E-state index >= 15 is 0 Å². The van der Waals surface area contributed by atoms with Crippen LogP contribution in [0, 0.1) is 0 Å². The van der Waals surface area contributed by atoms with Gasteiger partial charge in [-0.3, -0.25) is 9.09 Å². The Hall–Kier alpha value is 0.730. The monoisotopic (exact) mass is 178 g/mol. The van der Waals surface area contributed by atoms with Crippen molar-refractivity contribution in [3.05, 3.63) is 0 Å². The summed E-state index contributed by atoms with van der Waals surface area (Å²) in [7, 11) is -3.49. The van der Waals surface area contributed by atoms with Crippen LogP contribution < -0.4 is 0 Å². The van der Waals surface area contributed by atoms with E-state index in [0.29, 0.717) is 0 Å². The lowest BCUT2D eigenvalue weighted by Crippen LogP contribution is -1.91. The van der Waals surface area contributed by atoms with Gasteiger partial charge < -0.3 is 4.89 Å². The highest BCUT2D eigenvalue weighted by molar-refractivity contribution is 7.52. The minimum absolute atomic E-state index is 1.00. The normalized spacial score (nSPS) is 18.6. The molecule has 3 nitrogen and oxygen atoms in total. The number of hydrogen-bond acceptors (Lipinski definition) is 2. The Labute approximate surface area is 57.1 Å². The molecule has 1 N–H and O–H groups in total. The summed E-state index contributed by atoms with van der Waals surface area (Å²) in [6, 6.07) is 0. The maximum atomic E-state index is 10.2. The molecule has 0 aliphatic carbocycles. The van der Waals surface area contributed by atoms with Crippen molar-refractivity contribution < 1.29 is 14.0 Å². The van der Waals surface area contributed by atoms with Gasteiger partial charge in [-0.25, -0.2) is 0 Å². The van der Waals surface area contributed by atoms with Crippen molar-refractivity contribution in [2.75, 3.05) is 6.66 Å². The fourth-order valence-electron chi connectivity index (χ4n) is 0.148. The zero-order valence-corrected chi connectivity index (χ0v) is 6.45. The zero-order valence-electron chi connectivity index (χ0n) is 4.04. The molecule has 0 aliphatic heterocycles. The van der Waals surface area contributed by atoms with Crippen LogP contribution in [0.1, 0.15) is 0 Å². The lowest BCUT2D eigenvalue weighted by Gasteiger charge is -2.04. The maximum absolute atomic E-state index is 10.2. The first kappa shape index (κ1) is 8.73. The Morgan fingerprint density at radius 3 is 2.12 bits per heavy atom. The quantitative estimate of drug-likeness (QED) is 0.516. The minimum atomic E-state index is -3.49. The Bertz CT molecular complexity index is 108. The van der Waals surface area contributed by atoms with Crippen LogP contribution in [0.15, 0.2) is 0 Å². The molecule has 0 saturated heterocycles. The standard InChI is InChI=1S/C2H5Cl2O3P/c1-8(5,6)7-2(3)4/h2H,1H3,(H,5,6). The predicted octanol–water partition coefficient (Wildman–Crippen LogP) is 1.58. The first-order valence-corrected chi connectivity index (χ1v) is 4.58. The van der Waals surface area contributed by atoms with Crippen molar-refractivity contribution in [1.82, 2.24) is 0 Å². The molecule has 1 atom stereocenters. The Morgan fingerprint density at radius 1 is 1.75 bits per heavy atom. The Kier molecular flexibility index (Phi) is 3.32. The van der Waals surface area contributed by atoms with E-state index in [1.54, 1.807) is 0 Å². The number of rotatable bonds is 2. The lowest BCUT2D eigenvalue weighted by atomic mass is 11.7. The minimum Gasteiger partial charge on any atom is -0.324 e. The summed E-state index contributed by atoms with van der Waals surface area (Å²) in [6.45, 7) is 1.00. The molecule has 0 aromatic rings. The largest absolute Gasteiger partial charge is 0.327 e. The van der Waals surface area contributed by atoms with Crippen molar-refractivity contribution in [2.45, 2.75) is 5.02 Å². The van der Waals surface area contributed by atoms with Crippen molar-refractivity contribution in [3.63, 3.8) is 0 Å². The van der Waals surface area contributed by atoms with Crippen molar-refractivity contribution in [2.24, 2.45) is 0 Å². The highest BCUT2D eigenvalue weighted by Gasteiger charge is 2.13. The SMILES string of the molecule is CP(=O)(O)OC(Cl)Cl. The molecular weight excluding hydrogens is 174 g/mol. The van der Waals surface area contributed by atoms with E-state index in [1.165, 1.54) is 0 Å². The molecule has 50 valence electrons. The van der Waals surface area contributed by atoms with Crippen LogP contribution in [-0.4, -0.2) is 16.6 Å². The molecule has 0 aromatic carbocycles.